The smallest absolute Gasteiger partial charge is 0.255 e. The number of nitrogens with one attached hydrogen (secondary N) is 2. The minimum absolute atomic E-state index is 0.155. The Balaban J connectivity index is 1.48. The lowest BCUT2D eigenvalue weighted by Crippen LogP contribution is -2.39. The highest BCUT2D eigenvalue weighted by atomic mass is 32.1. The number of amides is 2. The lowest BCUT2D eigenvalue weighted by molar-refractivity contribution is 0.0917. The topological polar surface area (TPSA) is 80.3 Å². The van der Waals surface area contributed by atoms with Crippen molar-refractivity contribution in [1.82, 2.24) is 15.6 Å². The lowest BCUT2D eigenvalue weighted by Gasteiger charge is -2.26. The molecule has 0 aliphatic heterocycles. The van der Waals surface area contributed by atoms with E-state index in [2.05, 4.69) is 15.6 Å². The average Bonchev–Trinajstić information content (AvgIpc) is 3.30. The molecule has 1 aliphatic carbocycles. The lowest BCUT2D eigenvalue weighted by atomic mass is 9.93. The minimum atomic E-state index is -0.276. The van der Waals surface area contributed by atoms with Gasteiger partial charge in [0.2, 0.25) is 0 Å². The van der Waals surface area contributed by atoms with Gasteiger partial charge in [0.15, 0.2) is 0 Å². The first-order chi connectivity index (χ1) is 15.1. The molecule has 1 saturated carbocycles. The van der Waals surface area contributed by atoms with Crippen LogP contribution >= 0.6 is 11.3 Å². The molecular formula is C24H25N3O3S. The van der Waals surface area contributed by atoms with Crippen LogP contribution in [0.25, 0.3) is 10.6 Å². The van der Waals surface area contributed by atoms with Crippen LogP contribution < -0.4 is 15.4 Å². The molecule has 0 atom stereocenters. The molecule has 4 rings (SSSR count). The third-order valence-corrected chi connectivity index (χ3v) is 6.11. The molecule has 0 bridgehead atoms. The van der Waals surface area contributed by atoms with Gasteiger partial charge in [0.25, 0.3) is 11.8 Å². The van der Waals surface area contributed by atoms with E-state index in [9.17, 15) is 9.59 Å². The van der Waals surface area contributed by atoms with Crippen LogP contribution in [0.1, 0.15) is 52.5 Å². The molecule has 1 heterocycles. The van der Waals surface area contributed by atoms with Crippen molar-refractivity contribution in [3.8, 4) is 16.3 Å². The number of rotatable bonds is 8. The maximum absolute atomic E-state index is 13.0. The zero-order valence-corrected chi connectivity index (χ0v) is 18.2. The number of hydrogen-bond acceptors (Lipinski definition) is 5. The highest BCUT2D eigenvalue weighted by Gasteiger charge is 2.22. The van der Waals surface area contributed by atoms with Crippen molar-refractivity contribution in [1.29, 1.82) is 0 Å². The third-order valence-electron chi connectivity index (χ3n) is 5.29. The Morgan fingerprint density at radius 2 is 2.03 bits per heavy atom. The Hall–Kier alpha value is -3.19. The summed E-state index contributed by atoms with van der Waals surface area (Å²) in [5, 5.41) is 8.84. The predicted octanol–water partition coefficient (Wildman–Crippen LogP) is 4.42. The number of thiazole rings is 1. The van der Waals surface area contributed by atoms with Crippen molar-refractivity contribution in [3.63, 3.8) is 0 Å². The van der Waals surface area contributed by atoms with Crippen LogP contribution in [0.5, 0.6) is 5.75 Å². The summed E-state index contributed by atoms with van der Waals surface area (Å²) in [6.45, 7) is 2.66. The van der Waals surface area contributed by atoms with Gasteiger partial charge in [-0.1, -0.05) is 18.2 Å². The zero-order valence-electron chi connectivity index (χ0n) is 17.4. The number of carbonyl (C=O) groups excluding carboxylic acids is 2. The molecule has 2 aromatic carbocycles. The molecule has 1 aliphatic rings. The first-order valence-electron chi connectivity index (χ1n) is 10.5. The van der Waals surface area contributed by atoms with Crippen LogP contribution in [0.3, 0.4) is 0 Å². The highest BCUT2D eigenvalue weighted by Crippen LogP contribution is 2.24. The molecule has 0 saturated heterocycles. The van der Waals surface area contributed by atoms with E-state index in [0.29, 0.717) is 30.0 Å². The van der Waals surface area contributed by atoms with Crippen molar-refractivity contribution in [3.05, 3.63) is 70.7 Å². The van der Waals surface area contributed by atoms with Crippen LogP contribution in [0.4, 0.5) is 0 Å². The SMILES string of the molecule is CCOc1ccc(C(=O)NC2CCC2)cc1C(=O)NCc1cccc(-c2nccs2)c1. The fourth-order valence-corrected chi connectivity index (χ4v) is 4.04. The second kappa shape index (κ2) is 9.75. The fourth-order valence-electron chi connectivity index (χ4n) is 3.41. The van der Waals surface area contributed by atoms with Crippen molar-refractivity contribution < 1.29 is 14.3 Å². The zero-order chi connectivity index (χ0) is 21.6. The summed E-state index contributed by atoms with van der Waals surface area (Å²) < 4.78 is 5.63. The largest absolute Gasteiger partial charge is 0.493 e. The summed E-state index contributed by atoms with van der Waals surface area (Å²) in [5.41, 5.74) is 2.81. The highest BCUT2D eigenvalue weighted by molar-refractivity contribution is 7.13. The predicted molar refractivity (Wildman–Crippen MR) is 121 cm³/mol. The summed E-state index contributed by atoms with van der Waals surface area (Å²) in [4.78, 5) is 29.8. The second-order valence-electron chi connectivity index (χ2n) is 7.47. The standard InChI is InChI=1S/C24H25N3O3S/c1-2-30-21-10-9-17(22(28)27-19-7-4-8-19)14-20(21)23(29)26-15-16-5-3-6-18(13-16)24-25-11-12-31-24/h3,5-6,9-14,19H,2,4,7-8,15H2,1H3,(H,26,29)(H,27,28). The Morgan fingerprint density at radius 1 is 1.16 bits per heavy atom. The van der Waals surface area contributed by atoms with Crippen molar-refractivity contribution >= 4 is 23.2 Å². The number of aromatic nitrogens is 1. The third kappa shape index (κ3) is 5.11. The van der Waals surface area contributed by atoms with Gasteiger partial charge in [-0.3, -0.25) is 9.59 Å². The Labute approximate surface area is 185 Å². The van der Waals surface area contributed by atoms with Crippen molar-refractivity contribution in [2.45, 2.75) is 38.8 Å². The molecule has 31 heavy (non-hydrogen) atoms. The van der Waals surface area contributed by atoms with E-state index in [1.807, 2.05) is 36.6 Å². The van der Waals surface area contributed by atoms with Crippen LogP contribution in [0, 0.1) is 0 Å². The molecule has 7 heteroatoms. The Bertz CT molecular complexity index is 1060. The van der Waals surface area contributed by atoms with E-state index >= 15 is 0 Å². The molecule has 3 aromatic rings. The molecule has 160 valence electrons. The molecule has 6 nitrogen and oxygen atoms in total. The van der Waals surface area contributed by atoms with Crippen LogP contribution in [-0.2, 0) is 6.54 Å². The average molecular weight is 436 g/mol. The minimum Gasteiger partial charge on any atom is -0.493 e. The first kappa shape index (κ1) is 21.1. The van der Waals surface area contributed by atoms with Gasteiger partial charge >= 0.3 is 0 Å². The molecule has 1 aromatic heterocycles. The number of carbonyl (C=O) groups is 2. The number of hydrogen-bond donors (Lipinski definition) is 2. The quantitative estimate of drug-likeness (QED) is 0.549. The van der Waals surface area contributed by atoms with Gasteiger partial charge in [0, 0.05) is 35.3 Å². The number of ether oxygens (including phenoxy) is 1. The Morgan fingerprint density at radius 3 is 2.74 bits per heavy atom. The summed E-state index contributed by atoms with van der Waals surface area (Å²) in [6.07, 6.45) is 4.94. The number of benzene rings is 2. The van der Waals surface area contributed by atoms with E-state index in [-0.39, 0.29) is 17.9 Å². The van der Waals surface area contributed by atoms with Gasteiger partial charge in [-0.15, -0.1) is 11.3 Å². The molecule has 1 fully saturated rings. The first-order valence-corrected chi connectivity index (χ1v) is 11.4. The van der Waals surface area contributed by atoms with E-state index in [4.69, 9.17) is 4.74 Å². The van der Waals surface area contributed by atoms with Crippen LogP contribution in [-0.4, -0.2) is 29.4 Å². The molecular weight excluding hydrogens is 410 g/mol. The number of nitrogens with zero attached hydrogens (tertiary/aromatic N) is 1. The molecule has 0 radical (unpaired) electrons. The maximum atomic E-state index is 13.0. The van der Waals surface area contributed by atoms with Crippen molar-refractivity contribution in [2.75, 3.05) is 6.61 Å². The summed E-state index contributed by atoms with van der Waals surface area (Å²) in [7, 11) is 0. The summed E-state index contributed by atoms with van der Waals surface area (Å²) in [6, 6.07) is 13.2. The fraction of sp³-hybridized carbons (Fsp3) is 0.292. The van der Waals surface area contributed by atoms with E-state index < -0.39 is 0 Å². The second-order valence-corrected chi connectivity index (χ2v) is 8.36. The molecule has 2 amide bonds. The van der Waals surface area contributed by atoms with Gasteiger partial charge < -0.3 is 15.4 Å². The molecule has 2 N–H and O–H groups in total. The van der Waals surface area contributed by atoms with Gasteiger partial charge in [-0.05, 0) is 56.0 Å². The van der Waals surface area contributed by atoms with Gasteiger partial charge in [-0.2, -0.15) is 0 Å². The van der Waals surface area contributed by atoms with Crippen molar-refractivity contribution in [2.24, 2.45) is 0 Å². The van der Waals surface area contributed by atoms with Crippen LogP contribution in [0.15, 0.2) is 54.0 Å². The Kier molecular flexibility index (Phi) is 6.62. The molecule has 0 unspecified atom stereocenters. The van der Waals surface area contributed by atoms with Crippen LogP contribution in [0.2, 0.25) is 0 Å². The van der Waals surface area contributed by atoms with Gasteiger partial charge in [0.1, 0.15) is 10.8 Å². The monoisotopic (exact) mass is 435 g/mol. The summed E-state index contributed by atoms with van der Waals surface area (Å²) in [5.74, 6) is 0.0380. The van der Waals surface area contributed by atoms with Gasteiger partial charge in [-0.25, -0.2) is 4.98 Å². The summed E-state index contributed by atoms with van der Waals surface area (Å²) >= 11 is 1.57. The maximum Gasteiger partial charge on any atom is 0.255 e. The van der Waals surface area contributed by atoms with E-state index in [0.717, 1.165) is 35.4 Å². The van der Waals surface area contributed by atoms with E-state index in [1.165, 1.54) is 0 Å². The van der Waals surface area contributed by atoms with Gasteiger partial charge in [0.05, 0.1) is 12.2 Å². The molecule has 0 spiro atoms. The normalized spacial score (nSPS) is 13.3. The van der Waals surface area contributed by atoms with E-state index in [1.54, 1.807) is 35.7 Å².